The van der Waals surface area contributed by atoms with Crippen molar-refractivity contribution in [3.63, 3.8) is 0 Å². The summed E-state index contributed by atoms with van der Waals surface area (Å²) < 4.78 is 68.1. The highest BCUT2D eigenvalue weighted by Crippen LogP contribution is 2.34. The number of para-hydroxylation sites is 1. The van der Waals surface area contributed by atoms with Gasteiger partial charge < -0.3 is 19.5 Å². The maximum Gasteiger partial charge on any atom is 0.387 e. The first-order chi connectivity index (χ1) is 15.3. The van der Waals surface area contributed by atoms with Crippen molar-refractivity contribution in [1.29, 1.82) is 0 Å². The van der Waals surface area contributed by atoms with Crippen molar-refractivity contribution in [1.82, 2.24) is 4.31 Å². The van der Waals surface area contributed by atoms with Crippen LogP contribution in [0.5, 0.6) is 17.2 Å². The molecule has 1 fully saturated rings. The number of nitrogens with one attached hydrogen (secondary N) is 1. The first kappa shape index (κ1) is 23.7. The van der Waals surface area contributed by atoms with E-state index in [4.69, 9.17) is 9.47 Å². The number of hydrogen-bond donors (Lipinski definition) is 1. The van der Waals surface area contributed by atoms with Gasteiger partial charge in [0.1, 0.15) is 10.6 Å². The maximum absolute atomic E-state index is 13.1. The molecule has 2 aromatic carbocycles. The van der Waals surface area contributed by atoms with Gasteiger partial charge >= 0.3 is 6.61 Å². The lowest BCUT2D eigenvalue weighted by molar-refractivity contribution is -0.0515. The summed E-state index contributed by atoms with van der Waals surface area (Å²) in [6.07, 6.45) is 2.49. The van der Waals surface area contributed by atoms with E-state index < -0.39 is 28.3 Å². The van der Waals surface area contributed by atoms with Crippen LogP contribution in [-0.4, -0.2) is 52.6 Å². The molecule has 0 unspecified atom stereocenters. The molecule has 2 aromatic rings. The molecule has 1 saturated heterocycles. The summed E-state index contributed by atoms with van der Waals surface area (Å²) in [7, 11) is -1.23. The standard InChI is InChI=1S/C21H24F2N2O6S/c1-29-16-10-9-14(13-18(16)32(27,28)25-11-4-3-5-12-25)24-20(26)15-7-6-8-17(30-2)19(15)31-21(22)23/h6-10,13,21H,3-5,11-12H2,1-2H3,(H,24,26). The lowest BCUT2D eigenvalue weighted by Crippen LogP contribution is -2.35. The van der Waals surface area contributed by atoms with Crippen LogP contribution in [0.3, 0.4) is 0 Å². The molecule has 0 bridgehead atoms. The van der Waals surface area contributed by atoms with Crippen LogP contribution >= 0.6 is 0 Å². The van der Waals surface area contributed by atoms with E-state index in [1.165, 1.54) is 54.9 Å². The Morgan fingerprint density at radius 2 is 1.72 bits per heavy atom. The predicted octanol–water partition coefficient (Wildman–Crippen LogP) is 3.73. The number of ether oxygens (including phenoxy) is 3. The molecule has 1 N–H and O–H groups in total. The lowest BCUT2D eigenvalue weighted by Gasteiger charge is -2.26. The number of methoxy groups -OCH3 is 2. The van der Waals surface area contributed by atoms with Gasteiger partial charge in [0.25, 0.3) is 5.91 Å². The van der Waals surface area contributed by atoms with Crippen LogP contribution in [0.2, 0.25) is 0 Å². The number of nitrogens with zero attached hydrogens (tertiary/aromatic N) is 1. The molecule has 8 nitrogen and oxygen atoms in total. The van der Waals surface area contributed by atoms with Crippen molar-refractivity contribution in [2.45, 2.75) is 30.8 Å². The largest absolute Gasteiger partial charge is 0.495 e. The summed E-state index contributed by atoms with van der Waals surface area (Å²) in [6.45, 7) is -2.36. The van der Waals surface area contributed by atoms with Gasteiger partial charge in [0.15, 0.2) is 11.5 Å². The second kappa shape index (κ2) is 10.1. The fourth-order valence-electron chi connectivity index (χ4n) is 3.46. The third kappa shape index (κ3) is 5.10. The van der Waals surface area contributed by atoms with Crippen molar-refractivity contribution in [3.05, 3.63) is 42.0 Å². The van der Waals surface area contributed by atoms with Crippen molar-refractivity contribution in [2.75, 3.05) is 32.6 Å². The van der Waals surface area contributed by atoms with Crippen LogP contribution < -0.4 is 19.5 Å². The SMILES string of the molecule is COc1ccc(NC(=O)c2cccc(OC)c2OC(F)F)cc1S(=O)(=O)N1CCCCC1. The Hall–Kier alpha value is -2.92. The minimum Gasteiger partial charge on any atom is -0.495 e. The molecule has 1 aliphatic heterocycles. The van der Waals surface area contributed by atoms with E-state index in [1.54, 1.807) is 0 Å². The number of piperidine rings is 1. The van der Waals surface area contributed by atoms with E-state index in [1.807, 2.05) is 0 Å². The Kier molecular flexibility index (Phi) is 7.52. The second-order valence-electron chi connectivity index (χ2n) is 7.00. The lowest BCUT2D eigenvalue weighted by atomic mass is 10.1. The van der Waals surface area contributed by atoms with Gasteiger partial charge in [-0.2, -0.15) is 13.1 Å². The Bertz CT molecular complexity index is 1070. The highest BCUT2D eigenvalue weighted by atomic mass is 32.2. The molecule has 3 rings (SSSR count). The summed E-state index contributed by atoms with van der Waals surface area (Å²) in [6, 6.07) is 8.30. The molecule has 0 aliphatic carbocycles. The zero-order chi connectivity index (χ0) is 23.3. The first-order valence-electron chi connectivity index (χ1n) is 9.89. The third-order valence-corrected chi connectivity index (χ3v) is 6.92. The highest BCUT2D eigenvalue weighted by Gasteiger charge is 2.29. The van der Waals surface area contributed by atoms with Crippen LogP contribution in [-0.2, 0) is 10.0 Å². The van der Waals surface area contributed by atoms with Crippen molar-refractivity contribution in [2.24, 2.45) is 0 Å². The minimum absolute atomic E-state index is 0.0407. The van der Waals surface area contributed by atoms with Gasteiger partial charge in [0.2, 0.25) is 10.0 Å². The monoisotopic (exact) mass is 470 g/mol. The number of halogens is 2. The average molecular weight is 470 g/mol. The molecule has 0 radical (unpaired) electrons. The number of carbonyl (C=O) groups excluding carboxylic acids is 1. The Balaban J connectivity index is 1.94. The topological polar surface area (TPSA) is 94.2 Å². The van der Waals surface area contributed by atoms with E-state index in [0.29, 0.717) is 13.1 Å². The number of hydrogen-bond acceptors (Lipinski definition) is 6. The second-order valence-corrected chi connectivity index (χ2v) is 8.91. The molecule has 11 heteroatoms. The van der Waals surface area contributed by atoms with Crippen LogP contribution in [0.4, 0.5) is 14.5 Å². The number of benzene rings is 2. The van der Waals surface area contributed by atoms with E-state index in [0.717, 1.165) is 19.3 Å². The Labute approximate surface area is 185 Å². The summed E-state index contributed by atoms with van der Waals surface area (Å²) in [5.41, 5.74) is -0.0434. The molecular formula is C21H24F2N2O6S. The van der Waals surface area contributed by atoms with Gasteiger partial charge in [0, 0.05) is 18.8 Å². The van der Waals surface area contributed by atoms with Crippen LogP contribution in [0.1, 0.15) is 29.6 Å². The summed E-state index contributed by atoms with van der Waals surface area (Å²) >= 11 is 0. The minimum atomic E-state index is -3.85. The number of rotatable bonds is 8. The van der Waals surface area contributed by atoms with Gasteiger partial charge in [-0.15, -0.1) is 0 Å². The third-order valence-electron chi connectivity index (χ3n) is 5.00. The smallest absolute Gasteiger partial charge is 0.387 e. The molecule has 1 amide bonds. The summed E-state index contributed by atoms with van der Waals surface area (Å²) in [5, 5.41) is 2.53. The molecule has 174 valence electrons. The number of alkyl halides is 2. The fraction of sp³-hybridized carbons (Fsp3) is 0.381. The molecule has 1 aliphatic rings. The molecular weight excluding hydrogens is 446 g/mol. The van der Waals surface area contributed by atoms with Gasteiger partial charge in [-0.25, -0.2) is 8.42 Å². The summed E-state index contributed by atoms with van der Waals surface area (Å²) in [5.74, 6) is -1.10. The van der Waals surface area contributed by atoms with Gasteiger partial charge in [0.05, 0.1) is 19.8 Å². The van der Waals surface area contributed by atoms with E-state index >= 15 is 0 Å². The number of anilines is 1. The number of carbonyl (C=O) groups is 1. The summed E-state index contributed by atoms with van der Waals surface area (Å²) in [4.78, 5) is 12.7. The quantitative estimate of drug-likeness (QED) is 0.632. The van der Waals surface area contributed by atoms with Crippen molar-refractivity contribution in [3.8, 4) is 17.2 Å². The fourth-order valence-corrected chi connectivity index (χ4v) is 5.16. The van der Waals surface area contributed by atoms with E-state index in [9.17, 15) is 22.0 Å². The van der Waals surface area contributed by atoms with E-state index in [-0.39, 0.29) is 27.6 Å². The number of amides is 1. The van der Waals surface area contributed by atoms with Gasteiger partial charge in [-0.1, -0.05) is 12.5 Å². The zero-order valence-corrected chi connectivity index (χ0v) is 18.5. The molecule has 0 saturated carbocycles. The predicted molar refractivity (Wildman–Crippen MR) is 113 cm³/mol. The first-order valence-corrected chi connectivity index (χ1v) is 11.3. The number of sulfonamides is 1. The Morgan fingerprint density at radius 3 is 2.34 bits per heavy atom. The molecule has 0 atom stereocenters. The highest BCUT2D eigenvalue weighted by molar-refractivity contribution is 7.89. The van der Waals surface area contributed by atoms with Gasteiger partial charge in [-0.3, -0.25) is 4.79 Å². The van der Waals surface area contributed by atoms with Crippen LogP contribution in [0, 0.1) is 0 Å². The zero-order valence-electron chi connectivity index (χ0n) is 17.6. The van der Waals surface area contributed by atoms with Crippen molar-refractivity contribution < 1.29 is 36.2 Å². The van der Waals surface area contributed by atoms with E-state index in [2.05, 4.69) is 10.1 Å². The Morgan fingerprint density at radius 1 is 1.03 bits per heavy atom. The molecule has 0 aromatic heterocycles. The molecule has 32 heavy (non-hydrogen) atoms. The van der Waals surface area contributed by atoms with Crippen LogP contribution in [0.15, 0.2) is 41.3 Å². The van der Waals surface area contributed by atoms with Gasteiger partial charge in [-0.05, 0) is 43.2 Å². The molecule has 1 heterocycles. The van der Waals surface area contributed by atoms with Crippen LogP contribution in [0.25, 0.3) is 0 Å². The molecule has 0 spiro atoms. The maximum atomic E-state index is 13.1. The average Bonchev–Trinajstić information content (AvgIpc) is 2.79. The van der Waals surface area contributed by atoms with Crippen molar-refractivity contribution >= 4 is 21.6 Å². The normalized spacial score (nSPS) is 14.8.